The summed E-state index contributed by atoms with van der Waals surface area (Å²) in [5, 5.41) is 15.9. The molecule has 0 saturated carbocycles. The molecule has 0 saturated heterocycles. The maximum atomic E-state index is 11.5. The molecule has 1 rings (SSSR count). The fourth-order valence-corrected chi connectivity index (χ4v) is 1.69. The standard InChI is InChI=1S/C11H15BrN4O3/c1-15(2)6-5-13-11(17)14-8-3-4-9(12)10(7-8)16(18)19/h3-4,7H,5-6H2,1-2H3,(H2,13,14,17). The molecule has 0 heterocycles. The van der Waals surface area contributed by atoms with Crippen molar-refractivity contribution in [3.8, 4) is 0 Å². The highest BCUT2D eigenvalue weighted by Gasteiger charge is 2.13. The molecule has 8 heteroatoms. The highest BCUT2D eigenvalue weighted by molar-refractivity contribution is 9.10. The van der Waals surface area contributed by atoms with E-state index in [9.17, 15) is 14.9 Å². The summed E-state index contributed by atoms with van der Waals surface area (Å²) in [5.74, 6) is 0. The number of nitro benzene ring substituents is 1. The van der Waals surface area contributed by atoms with Crippen LogP contribution in [0.5, 0.6) is 0 Å². The van der Waals surface area contributed by atoms with Gasteiger partial charge in [0.25, 0.3) is 5.69 Å². The Balaban J connectivity index is 2.60. The number of benzene rings is 1. The van der Waals surface area contributed by atoms with Crippen LogP contribution >= 0.6 is 15.9 Å². The Morgan fingerprint density at radius 1 is 1.47 bits per heavy atom. The average Bonchev–Trinajstić information content (AvgIpc) is 2.30. The first kappa shape index (κ1) is 15.4. The number of carbonyl (C=O) groups is 1. The first-order chi connectivity index (χ1) is 8.90. The number of urea groups is 1. The third-order valence-corrected chi connectivity index (χ3v) is 2.92. The second kappa shape index (κ2) is 7.05. The third-order valence-electron chi connectivity index (χ3n) is 2.25. The Kier molecular flexibility index (Phi) is 5.71. The van der Waals surface area contributed by atoms with Gasteiger partial charge in [0.2, 0.25) is 0 Å². The van der Waals surface area contributed by atoms with E-state index in [0.29, 0.717) is 23.2 Å². The summed E-state index contributed by atoms with van der Waals surface area (Å²) < 4.78 is 0.371. The number of likely N-dealkylation sites (N-methyl/N-ethyl adjacent to an activating group) is 1. The minimum atomic E-state index is -0.515. The van der Waals surface area contributed by atoms with Gasteiger partial charge in [-0.15, -0.1) is 0 Å². The lowest BCUT2D eigenvalue weighted by Gasteiger charge is -2.11. The van der Waals surface area contributed by atoms with Gasteiger partial charge in [0, 0.05) is 24.8 Å². The van der Waals surface area contributed by atoms with Gasteiger partial charge < -0.3 is 15.5 Å². The molecule has 2 N–H and O–H groups in total. The Labute approximate surface area is 119 Å². The molecule has 1 aromatic rings. The summed E-state index contributed by atoms with van der Waals surface area (Å²) in [6.45, 7) is 1.21. The maximum Gasteiger partial charge on any atom is 0.319 e. The monoisotopic (exact) mass is 330 g/mol. The van der Waals surface area contributed by atoms with E-state index in [0.717, 1.165) is 0 Å². The Hall–Kier alpha value is -1.67. The molecule has 19 heavy (non-hydrogen) atoms. The number of halogens is 1. The molecule has 0 aliphatic rings. The molecule has 0 radical (unpaired) electrons. The van der Waals surface area contributed by atoms with E-state index >= 15 is 0 Å². The zero-order valence-corrected chi connectivity index (χ0v) is 12.2. The predicted octanol–water partition coefficient (Wildman–Crippen LogP) is 2.04. The Bertz CT molecular complexity index is 479. The van der Waals surface area contributed by atoms with Crippen LogP contribution in [0.2, 0.25) is 0 Å². The number of amides is 2. The highest BCUT2D eigenvalue weighted by Crippen LogP contribution is 2.27. The zero-order chi connectivity index (χ0) is 14.4. The van der Waals surface area contributed by atoms with Crippen molar-refractivity contribution in [2.75, 3.05) is 32.5 Å². The van der Waals surface area contributed by atoms with Crippen molar-refractivity contribution in [2.24, 2.45) is 0 Å². The van der Waals surface area contributed by atoms with E-state index in [2.05, 4.69) is 26.6 Å². The van der Waals surface area contributed by atoms with Crippen molar-refractivity contribution in [1.82, 2.24) is 10.2 Å². The smallest absolute Gasteiger partial charge is 0.319 e. The van der Waals surface area contributed by atoms with Crippen molar-refractivity contribution >= 4 is 33.3 Å². The maximum absolute atomic E-state index is 11.5. The van der Waals surface area contributed by atoms with Crippen LogP contribution in [-0.4, -0.2) is 43.0 Å². The molecule has 0 aromatic heterocycles. The van der Waals surface area contributed by atoms with E-state index in [4.69, 9.17) is 0 Å². The molecule has 7 nitrogen and oxygen atoms in total. The van der Waals surface area contributed by atoms with Gasteiger partial charge in [0.05, 0.1) is 9.40 Å². The molecular formula is C11H15BrN4O3. The zero-order valence-electron chi connectivity index (χ0n) is 10.6. The van der Waals surface area contributed by atoms with Crippen LogP contribution in [0.15, 0.2) is 22.7 Å². The van der Waals surface area contributed by atoms with Crippen LogP contribution in [0.25, 0.3) is 0 Å². The van der Waals surface area contributed by atoms with Crippen molar-refractivity contribution in [3.05, 3.63) is 32.8 Å². The molecule has 0 aliphatic heterocycles. The van der Waals surface area contributed by atoms with Crippen LogP contribution < -0.4 is 10.6 Å². The summed E-state index contributed by atoms with van der Waals surface area (Å²) in [4.78, 5) is 23.7. The topological polar surface area (TPSA) is 87.5 Å². The SMILES string of the molecule is CN(C)CCNC(=O)Nc1ccc(Br)c([N+](=O)[O-])c1. The second-order valence-electron chi connectivity index (χ2n) is 4.11. The molecule has 1 aromatic carbocycles. The van der Waals surface area contributed by atoms with Gasteiger partial charge in [-0.2, -0.15) is 0 Å². The van der Waals surface area contributed by atoms with Gasteiger partial charge >= 0.3 is 6.03 Å². The van der Waals surface area contributed by atoms with E-state index in [1.54, 1.807) is 6.07 Å². The van der Waals surface area contributed by atoms with Gasteiger partial charge in [-0.05, 0) is 42.2 Å². The summed E-state index contributed by atoms with van der Waals surface area (Å²) in [6.07, 6.45) is 0. The number of rotatable bonds is 5. The van der Waals surface area contributed by atoms with Crippen LogP contribution in [0.4, 0.5) is 16.2 Å². The van der Waals surface area contributed by atoms with Crippen LogP contribution in [0.1, 0.15) is 0 Å². The number of nitrogens with one attached hydrogen (secondary N) is 2. The van der Waals surface area contributed by atoms with Gasteiger partial charge in [0.1, 0.15) is 0 Å². The number of anilines is 1. The fourth-order valence-electron chi connectivity index (χ4n) is 1.30. The summed E-state index contributed by atoms with van der Waals surface area (Å²) >= 11 is 3.08. The second-order valence-corrected chi connectivity index (χ2v) is 4.96. The lowest BCUT2D eigenvalue weighted by atomic mass is 10.3. The fraction of sp³-hybridized carbons (Fsp3) is 0.364. The summed E-state index contributed by atoms with van der Waals surface area (Å²) in [7, 11) is 3.80. The molecule has 0 spiro atoms. The minimum Gasteiger partial charge on any atom is -0.337 e. The van der Waals surface area contributed by atoms with Crippen molar-refractivity contribution in [1.29, 1.82) is 0 Å². The van der Waals surface area contributed by atoms with E-state index in [1.165, 1.54) is 12.1 Å². The quantitative estimate of drug-likeness (QED) is 0.638. The van der Waals surface area contributed by atoms with Crippen molar-refractivity contribution in [2.45, 2.75) is 0 Å². The Morgan fingerprint density at radius 3 is 2.74 bits per heavy atom. The van der Waals surface area contributed by atoms with Crippen molar-refractivity contribution < 1.29 is 9.72 Å². The number of hydrogen-bond acceptors (Lipinski definition) is 4. The number of hydrogen-bond donors (Lipinski definition) is 2. The van der Waals surface area contributed by atoms with Gasteiger partial charge in [0.15, 0.2) is 0 Å². The molecule has 0 bridgehead atoms. The average molecular weight is 331 g/mol. The molecule has 0 fully saturated rings. The minimum absolute atomic E-state index is 0.0916. The molecule has 0 aliphatic carbocycles. The van der Waals surface area contributed by atoms with Gasteiger partial charge in [-0.3, -0.25) is 10.1 Å². The van der Waals surface area contributed by atoms with Gasteiger partial charge in [-0.25, -0.2) is 4.79 Å². The highest BCUT2D eigenvalue weighted by atomic mass is 79.9. The normalized spacial score (nSPS) is 10.3. The van der Waals surface area contributed by atoms with E-state index < -0.39 is 11.0 Å². The number of nitrogens with zero attached hydrogens (tertiary/aromatic N) is 2. The van der Waals surface area contributed by atoms with Crippen LogP contribution in [0.3, 0.4) is 0 Å². The first-order valence-corrected chi connectivity index (χ1v) is 6.33. The molecule has 0 atom stereocenters. The summed E-state index contributed by atoms with van der Waals surface area (Å²) in [5.41, 5.74) is 0.281. The lowest BCUT2D eigenvalue weighted by Crippen LogP contribution is -2.34. The largest absolute Gasteiger partial charge is 0.337 e. The molecule has 2 amide bonds. The van der Waals surface area contributed by atoms with E-state index in [1.807, 2.05) is 19.0 Å². The van der Waals surface area contributed by atoms with Crippen LogP contribution in [-0.2, 0) is 0 Å². The first-order valence-electron chi connectivity index (χ1n) is 5.53. The lowest BCUT2D eigenvalue weighted by molar-refractivity contribution is -0.385. The third kappa shape index (κ3) is 5.23. The van der Waals surface area contributed by atoms with Crippen LogP contribution in [0, 0.1) is 10.1 Å². The predicted molar refractivity (Wildman–Crippen MR) is 76.4 cm³/mol. The van der Waals surface area contributed by atoms with E-state index in [-0.39, 0.29) is 5.69 Å². The van der Waals surface area contributed by atoms with Crippen molar-refractivity contribution in [3.63, 3.8) is 0 Å². The molecular weight excluding hydrogens is 316 g/mol. The molecule has 0 unspecified atom stereocenters. The molecule has 104 valence electrons. The number of carbonyl (C=O) groups excluding carboxylic acids is 1. The van der Waals surface area contributed by atoms with Gasteiger partial charge in [-0.1, -0.05) is 0 Å². The number of nitro groups is 1. The Morgan fingerprint density at radius 2 is 2.16 bits per heavy atom. The summed E-state index contributed by atoms with van der Waals surface area (Å²) in [6, 6.07) is 4.02.